The molecule has 0 saturated carbocycles. The highest BCUT2D eigenvalue weighted by Crippen LogP contribution is 2.08. The van der Waals surface area contributed by atoms with Crippen molar-refractivity contribution >= 4 is 12.3 Å². The number of unbranched alkanes of at least 4 members (excludes halogenated alkanes) is 2. The van der Waals surface area contributed by atoms with Gasteiger partial charge in [-0.1, -0.05) is 31.5 Å². The number of esters is 1. The molecule has 0 saturated heterocycles. The molecule has 0 fully saturated rings. The van der Waals surface area contributed by atoms with E-state index in [-0.39, 0.29) is 0 Å². The minimum Gasteiger partial charge on any atom is -0.451 e. The maximum Gasteiger partial charge on any atom is 0.338 e. The summed E-state index contributed by atoms with van der Waals surface area (Å²) >= 11 is 0. The Morgan fingerprint density at radius 3 is 2.52 bits per heavy atom. The molecule has 0 heterocycles. The Kier molecular flexibility index (Phi) is 9.13. The molecule has 4 heteroatoms. The highest BCUT2D eigenvalue weighted by molar-refractivity contribution is 5.90. The predicted octanol–water partition coefficient (Wildman–Crippen LogP) is 3.40. The lowest BCUT2D eigenvalue weighted by Crippen LogP contribution is -2.19. The molecule has 21 heavy (non-hydrogen) atoms. The van der Waals surface area contributed by atoms with Gasteiger partial charge in [0.05, 0.1) is 5.56 Å². The van der Waals surface area contributed by atoms with Crippen LogP contribution in [0.3, 0.4) is 0 Å². The van der Waals surface area contributed by atoms with Crippen molar-refractivity contribution in [3.05, 3.63) is 35.9 Å². The molecule has 1 unspecified atom stereocenters. The van der Waals surface area contributed by atoms with Crippen LogP contribution in [0.5, 0.6) is 0 Å². The first-order chi connectivity index (χ1) is 10.3. The fourth-order valence-electron chi connectivity index (χ4n) is 1.83. The van der Waals surface area contributed by atoms with Gasteiger partial charge in [0.2, 0.25) is 0 Å². The smallest absolute Gasteiger partial charge is 0.338 e. The summed E-state index contributed by atoms with van der Waals surface area (Å²) in [6.45, 7) is 3.61. The Morgan fingerprint density at radius 1 is 1.14 bits per heavy atom. The summed E-state index contributed by atoms with van der Waals surface area (Å²) in [4.78, 5) is 22.8. The van der Waals surface area contributed by atoms with Crippen LogP contribution in [0.25, 0.3) is 0 Å². The highest BCUT2D eigenvalue weighted by Gasteiger charge is 2.14. The third-order valence-corrected chi connectivity index (χ3v) is 3.09. The van der Waals surface area contributed by atoms with Crippen LogP contribution in [0.15, 0.2) is 30.3 Å². The van der Waals surface area contributed by atoms with Crippen molar-refractivity contribution in [3.8, 4) is 0 Å². The molecule has 0 amide bonds. The lowest BCUT2D eigenvalue weighted by Gasteiger charge is -2.12. The van der Waals surface area contributed by atoms with Crippen molar-refractivity contribution in [2.45, 2.75) is 45.1 Å². The van der Waals surface area contributed by atoms with Crippen molar-refractivity contribution in [2.75, 3.05) is 13.2 Å². The van der Waals surface area contributed by atoms with Crippen LogP contribution in [0, 0.1) is 0 Å². The van der Waals surface area contributed by atoms with Gasteiger partial charge in [0, 0.05) is 13.2 Å². The minimum absolute atomic E-state index is 0.452. The number of hydrogen-bond donors (Lipinski definition) is 0. The molecule has 0 aliphatic heterocycles. The van der Waals surface area contributed by atoms with Gasteiger partial charge in [-0.05, 0) is 37.8 Å². The van der Waals surface area contributed by atoms with Crippen molar-refractivity contribution in [2.24, 2.45) is 0 Å². The molecule has 0 aliphatic carbocycles. The van der Waals surface area contributed by atoms with Gasteiger partial charge in [-0.2, -0.15) is 0 Å². The number of ether oxygens (including phenoxy) is 2. The van der Waals surface area contributed by atoms with Gasteiger partial charge in [-0.25, -0.2) is 4.79 Å². The van der Waals surface area contributed by atoms with E-state index in [0.717, 1.165) is 32.3 Å². The summed E-state index contributed by atoms with van der Waals surface area (Å²) in [6, 6.07) is 8.70. The molecule has 4 nitrogen and oxygen atoms in total. The molecular weight excluding hydrogens is 268 g/mol. The number of benzene rings is 1. The van der Waals surface area contributed by atoms with Crippen LogP contribution in [-0.2, 0) is 14.3 Å². The Morgan fingerprint density at radius 2 is 1.86 bits per heavy atom. The molecule has 1 aromatic rings. The molecule has 116 valence electrons. The predicted molar refractivity (Wildman–Crippen MR) is 81.3 cm³/mol. The van der Waals surface area contributed by atoms with E-state index in [9.17, 15) is 9.59 Å². The third kappa shape index (κ3) is 7.61. The number of carbonyl (C=O) groups excluding carboxylic acids is 2. The van der Waals surface area contributed by atoms with E-state index in [1.807, 2.05) is 6.07 Å². The van der Waals surface area contributed by atoms with Gasteiger partial charge in [-0.15, -0.1) is 0 Å². The zero-order valence-corrected chi connectivity index (χ0v) is 12.6. The molecule has 0 radical (unpaired) electrons. The first-order valence-electron chi connectivity index (χ1n) is 7.57. The number of hydrogen-bond acceptors (Lipinski definition) is 4. The molecule has 1 atom stereocenters. The Labute approximate surface area is 126 Å². The van der Waals surface area contributed by atoms with Crippen LogP contribution in [-0.4, -0.2) is 31.6 Å². The Bertz CT molecular complexity index is 403. The van der Waals surface area contributed by atoms with Crippen molar-refractivity contribution in [1.82, 2.24) is 0 Å². The minimum atomic E-state index is -0.673. The van der Waals surface area contributed by atoms with Crippen molar-refractivity contribution < 1.29 is 19.1 Å². The van der Waals surface area contributed by atoms with E-state index in [4.69, 9.17) is 9.47 Å². The van der Waals surface area contributed by atoms with Crippen LogP contribution in [0.1, 0.15) is 49.4 Å². The zero-order valence-electron chi connectivity index (χ0n) is 12.6. The van der Waals surface area contributed by atoms with E-state index in [2.05, 4.69) is 6.92 Å². The van der Waals surface area contributed by atoms with E-state index in [1.54, 1.807) is 24.3 Å². The fourth-order valence-corrected chi connectivity index (χ4v) is 1.83. The summed E-state index contributed by atoms with van der Waals surface area (Å²) in [5.74, 6) is -0.452. The Balaban J connectivity index is 2.20. The second-order valence-corrected chi connectivity index (χ2v) is 4.91. The van der Waals surface area contributed by atoms with Crippen LogP contribution < -0.4 is 0 Å². The maximum atomic E-state index is 11.8. The average molecular weight is 292 g/mol. The lowest BCUT2D eigenvalue weighted by molar-refractivity contribution is -0.115. The second kappa shape index (κ2) is 11.0. The van der Waals surface area contributed by atoms with Gasteiger partial charge >= 0.3 is 5.97 Å². The summed E-state index contributed by atoms with van der Waals surface area (Å²) in [5, 5.41) is 0. The fraction of sp³-hybridized carbons (Fsp3) is 0.529. The van der Waals surface area contributed by atoms with E-state index < -0.39 is 12.1 Å². The molecule has 0 aliphatic rings. The SMILES string of the molecule is CCCCOCCCCC(C=O)OC(=O)c1ccccc1. The molecular formula is C17H24O4. The largest absolute Gasteiger partial charge is 0.451 e. The van der Waals surface area contributed by atoms with E-state index in [0.29, 0.717) is 24.9 Å². The third-order valence-electron chi connectivity index (χ3n) is 3.09. The first kappa shape index (κ1) is 17.4. The maximum absolute atomic E-state index is 11.8. The van der Waals surface area contributed by atoms with Crippen molar-refractivity contribution in [1.29, 1.82) is 0 Å². The average Bonchev–Trinajstić information content (AvgIpc) is 2.53. The van der Waals surface area contributed by atoms with Crippen LogP contribution >= 0.6 is 0 Å². The quantitative estimate of drug-likeness (QED) is 0.356. The van der Waals surface area contributed by atoms with Gasteiger partial charge < -0.3 is 9.47 Å². The van der Waals surface area contributed by atoms with Gasteiger partial charge in [0.15, 0.2) is 12.4 Å². The van der Waals surface area contributed by atoms with Gasteiger partial charge in [0.25, 0.3) is 0 Å². The zero-order chi connectivity index (χ0) is 15.3. The normalized spacial score (nSPS) is 11.9. The summed E-state index contributed by atoms with van der Waals surface area (Å²) in [7, 11) is 0. The summed E-state index contributed by atoms with van der Waals surface area (Å²) in [6.07, 6.45) is 4.44. The highest BCUT2D eigenvalue weighted by atomic mass is 16.5. The van der Waals surface area contributed by atoms with Crippen molar-refractivity contribution in [3.63, 3.8) is 0 Å². The number of aldehydes is 1. The summed E-state index contributed by atoms with van der Waals surface area (Å²) < 4.78 is 10.6. The monoisotopic (exact) mass is 292 g/mol. The second-order valence-electron chi connectivity index (χ2n) is 4.91. The molecule has 1 aromatic carbocycles. The van der Waals surface area contributed by atoms with Gasteiger partial charge in [0.1, 0.15) is 0 Å². The first-order valence-corrected chi connectivity index (χ1v) is 7.57. The molecule has 0 N–H and O–H groups in total. The summed E-state index contributed by atoms with van der Waals surface area (Å²) in [5.41, 5.74) is 0.465. The van der Waals surface area contributed by atoms with Crippen LogP contribution in [0.2, 0.25) is 0 Å². The lowest BCUT2D eigenvalue weighted by atomic mass is 10.1. The molecule has 0 spiro atoms. The topological polar surface area (TPSA) is 52.6 Å². The van der Waals surface area contributed by atoms with Gasteiger partial charge in [-0.3, -0.25) is 4.79 Å². The Hall–Kier alpha value is -1.68. The van der Waals surface area contributed by atoms with E-state index >= 15 is 0 Å². The molecule has 0 bridgehead atoms. The number of rotatable bonds is 11. The van der Waals surface area contributed by atoms with E-state index in [1.165, 1.54) is 0 Å². The number of carbonyl (C=O) groups is 2. The molecule has 1 rings (SSSR count). The standard InChI is InChI=1S/C17H24O4/c1-2-3-12-20-13-8-7-11-16(14-18)21-17(19)15-9-5-4-6-10-15/h4-6,9-10,14,16H,2-3,7-8,11-13H2,1H3. The van der Waals surface area contributed by atoms with Crippen LogP contribution in [0.4, 0.5) is 0 Å². The molecule has 0 aromatic heterocycles.